The summed E-state index contributed by atoms with van der Waals surface area (Å²) in [6.07, 6.45) is 3.36. The molecule has 4 rings (SSSR count). The lowest BCUT2D eigenvalue weighted by Crippen LogP contribution is -2.04. The molecule has 0 unspecified atom stereocenters. The average molecular weight is 407 g/mol. The van der Waals surface area contributed by atoms with Crippen LogP contribution in [-0.4, -0.2) is 49.2 Å². The largest absolute Gasteiger partial charge is 0.497 e. The predicted octanol–water partition coefficient (Wildman–Crippen LogP) is 3.82. The summed E-state index contributed by atoms with van der Waals surface area (Å²) in [5.74, 6) is 2.34. The van der Waals surface area contributed by atoms with Gasteiger partial charge in [0.2, 0.25) is 11.5 Å². The maximum atomic E-state index is 13.1. The van der Waals surface area contributed by atoms with Gasteiger partial charge in [0.05, 0.1) is 34.6 Å². The highest BCUT2D eigenvalue weighted by Crippen LogP contribution is 2.38. The summed E-state index contributed by atoms with van der Waals surface area (Å²) >= 11 is 0. The van der Waals surface area contributed by atoms with Crippen LogP contribution in [0.25, 0.3) is 22.3 Å². The van der Waals surface area contributed by atoms with E-state index in [-0.39, 0.29) is 5.78 Å². The average Bonchev–Trinajstić information content (AvgIpc) is 3.43. The number of carbonyl (C=O) groups is 1. The van der Waals surface area contributed by atoms with Crippen molar-refractivity contribution >= 4 is 16.7 Å². The Bertz CT molecular complexity index is 1200. The highest BCUT2D eigenvalue weighted by atomic mass is 16.5. The second-order valence-corrected chi connectivity index (χ2v) is 6.50. The number of carbonyl (C=O) groups excluding carboxylic acids is 1. The molecule has 30 heavy (non-hydrogen) atoms. The van der Waals surface area contributed by atoms with Crippen molar-refractivity contribution in [2.45, 2.75) is 0 Å². The first-order valence-corrected chi connectivity index (χ1v) is 9.14. The third-order valence-corrected chi connectivity index (χ3v) is 4.89. The van der Waals surface area contributed by atoms with Crippen molar-refractivity contribution in [3.8, 4) is 34.4 Å². The van der Waals surface area contributed by atoms with Crippen molar-refractivity contribution in [3.63, 3.8) is 0 Å². The topological polar surface area (TPSA) is 98.5 Å². The van der Waals surface area contributed by atoms with E-state index in [1.165, 1.54) is 27.5 Å². The predicted molar refractivity (Wildman–Crippen MR) is 112 cm³/mol. The molecule has 0 radical (unpaired) electrons. The van der Waals surface area contributed by atoms with E-state index in [2.05, 4.69) is 15.0 Å². The van der Waals surface area contributed by atoms with E-state index in [1.807, 2.05) is 24.4 Å². The van der Waals surface area contributed by atoms with Gasteiger partial charge in [0.1, 0.15) is 17.3 Å². The monoisotopic (exact) mass is 407 g/mol. The first-order valence-electron chi connectivity index (χ1n) is 9.14. The Hall–Kier alpha value is -3.94. The Labute approximate surface area is 172 Å². The molecule has 0 spiro atoms. The van der Waals surface area contributed by atoms with E-state index in [9.17, 15) is 4.79 Å². The fourth-order valence-corrected chi connectivity index (χ4v) is 3.37. The smallest absolute Gasteiger partial charge is 0.211 e. The number of hydrogen-bond acceptors (Lipinski definition) is 6. The van der Waals surface area contributed by atoms with Gasteiger partial charge in [-0.25, -0.2) is 4.98 Å². The first-order chi connectivity index (χ1) is 14.6. The van der Waals surface area contributed by atoms with Crippen molar-refractivity contribution in [1.29, 1.82) is 0 Å². The Morgan fingerprint density at radius 3 is 2.30 bits per heavy atom. The van der Waals surface area contributed by atoms with Gasteiger partial charge in [-0.3, -0.25) is 4.79 Å². The van der Waals surface area contributed by atoms with Crippen LogP contribution in [-0.2, 0) is 0 Å². The molecule has 0 bridgehead atoms. The number of fused-ring (bicyclic) bond motifs is 1. The van der Waals surface area contributed by atoms with Crippen LogP contribution < -0.4 is 18.9 Å². The molecule has 0 atom stereocenters. The van der Waals surface area contributed by atoms with E-state index < -0.39 is 0 Å². The van der Waals surface area contributed by atoms with Gasteiger partial charge in [-0.2, -0.15) is 0 Å². The third kappa shape index (κ3) is 3.22. The highest BCUT2D eigenvalue weighted by molar-refractivity contribution is 6.09. The van der Waals surface area contributed by atoms with Crippen LogP contribution in [0, 0.1) is 0 Å². The minimum absolute atomic E-state index is 0.241. The number of benzene rings is 2. The zero-order valence-electron chi connectivity index (χ0n) is 17.0. The number of nitrogens with zero attached hydrogens (tertiary/aromatic N) is 1. The molecule has 0 amide bonds. The number of imidazole rings is 1. The second-order valence-electron chi connectivity index (χ2n) is 6.50. The second kappa shape index (κ2) is 7.82. The summed E-state index contributed by atoms with van der Waals surface area (Å²) in [6, 6.07) is 8.96. The summed E-state index contributed by atoms with van der Waals surface area (Å²) in [5, 5.41) is 0.969. The lowest BCUT2D eigenvalue weighted by molar-refractivity contribution is 0.103. The lowest BCUT2D eigenvalue weighted by atomic mass is 10.1. The van der Waals surface area contributed by atoms with Crippen molar-refractivity contribution in [1.82, 2.24) is 15.0 Å². The maximum absolute atomic E-state index is 13.1. The van der Waals surface area contributed by atoms with Crippen LogP contribution in [0.15, 0.2) is 42.7 Å². The minimum Gasteiger partial charge on any atom is -0.497 e. The quantitative estimate of drug-likeness (QED) is 0.452. The van der Waals surface area contributed by atoms with Gasteiger partial charge in [-0.05, 0) is 24.3 Å². The Morgan fingerprint density at radius 2 is 1.67 bits per heavy atom. The molecule has 2 heterocycles. The van der Waals surface area contributed by atoms with E-state index in [0.717, 1.165) is 22.2 Å². The summed E-state index contributed by atoms with van der Waals surface area (Å²) in [6.45, 7) is 0. The summed E-state index contributed by atoms with van der Waals surface area (Å²) in [7, 11) is 6.15. The van der Waals surface area contributed by atoms with Crippen LogP contribution in [0.3, 0.4) is 0 Å². The zero-order valence-corrected chi connectivity index (χ0v) is 17.0. The fraction of sp³-hybridized carbons (Fsp3) is 0.182. The Balaban J connectivity index is 1.70. The molecule has 0 saturated carbocycles. The fourth-order valence-electron chi connectivity index (χ4n) is 3.37. The molecule has 2 aromatic carbocycles. The van der Waals surface area contributed by atoms with Gasteiger partial charge < -0.3 is 28.9 Å². The third-order valence-electron chi connectivity index (χ3n) is 4.89. The molecule has 4 aromatic rings. The SMILES string of the molecule is COc1ccc2c(-c3ncc(C(=O)c4cc(OC)c(OC)c(OC)c4)[nH]3)c[nH]c2c1. The van der Waals surface area contributed by atoms with Crippen LogP contribution in [0.4, 0.5) is 0 Å². The van der Waals surface area contributed by atoms with Crippen LogP contribution in [0.2, 0.25) is 0 Å². The van der Waals surface area contributed by atoms with E-state index in [0.29, 0.717) is 34.3 Å². The van der Waals surface area contributed by atoms with Crippen molar-refractivity contribution < 1.29 is 23.7 Å². The lowest BCUT2D eigenvalue weighted by Gasteiger charge is -2.13. The molecule has 0 fully saturated rings. The van der Waals surface area contributed by atoms with Crippen LogP contribution in [0.1, 0.15) is 16.1 Å². The van der Waals surface area contributed by atoms with Crippen LogP contribution in [0.5, 0.6) is 23.0 Å². The van der Waals surface area contributed by atoms with E-state index in [1.54, 1.807) is 19.2 Å². The molecule has 8 nitrogen and oxygen atoms in total. The number of aromatic nitrogens is 3. The number of nitrogens with one attached hydrogen (secondary N) is 2. The van der Waals surface area contributed by atoms with E-state index >= 15 is 0 Å². The molecule has 8 heteroatoms. The molecule has 2 aromatic heterocycles. The summed E-state index contributed by atoms with van der Waals surface area (Å²) < 4.78 is 21.3. The summed E-state index contributed by atoms with van der Waals surface area (Å²) in [4.78, 5) is 23.8. The number of methoxy groups -OCH3 is 4. The molecule has 0 saturated heterocycles. The Morgan fingerprint density at radius 1 is 0.933 bits per heavy atom. The molecule has 0 aliphatic rings. The molecule has 2 N–H and O–H groups in total. The molecular weight excluding hydrogens is 386 g/mol. The van der Waals surface area contributed by atoms with E-state index in [4.69, 9.17) is 18.9 Å². The number of ether oxygens (including phenoxy) is 4. The van der Waals surface area contributed by atoms with Gasteiger partial charge >= 0.3 is 0 Å². The van der Waals surface area contributed by atoms with Gasteiger partial charge in [0, 0.05) is 34.3 Å². The van der Waals surface area contributed by atoms with Crippen molar-refractivity contribution in [2.75, 3.05) is 28.4 Å². The molecular formula is C22H21N3O5. The molecule has 154 valence electrons. The maximum Gasteiger partial charge on any atom is 0.211 e. The van der Waals surface area contributed by atoms with Gasteiger partial charge in [-0.1, -0.05) is 0 Å². The van der Waals surface area contributed by atoms with Crippen molar-refractivity contribution in [2.24, 2.45) is 0 Å². The van der Waals surface area contributed by atoms with Gasteiger partial charge in [-0.15, -0.1) is 0 Å². The standard InChI is InChI=1S/C22H21N3O5/c1-27-13-5-6-14-15(10-23-16(14)9-13)22-24-11-17(25-22)20(26)12-7-18(28-2)21(30-4)19(8-12)29-3/h5-11,23H,1-4H3,(H,24,25). The Kier molecular flexibility index (Phi) is 5.05. The van der Waals surface area contributed by atoms with Gasteiger partial charge in [0.25, 0.3) is 0 Å². The zero-order chi connectivity index (χ0) is 21.3. The van der Waals surface area contributed by atoms with Crippen molar-refractivity contribution in [3.05, 3.63) is 54.0 Å². The number of ketones is 1. The first kappa shape index (κ1) is 19.4. The normalized spacial score (nSPS) is 10.8. The van der Waals surface area contributed by atoms with Crippen LogP contribution >= 0.6 is 0 Å². The molecule has 0 aliphatic heterocycles. The molecule has 0 aliphatic carbocycles. The highest BCUT2D eigenvalue weighted by Gasteiger charge is 2.20. The summed E-state index contributed by atoms with van der Waals surface area (Å²) in [5.41, 5.74) is 2.51. The number of hydrogen-bond donors (Lipinski definition) is 2. The minimum atomic E-state index is -0.241. The number of aromatic amines is 2. The number of rotatable bonds is 7. The number of H-pyrrole nitrogens is 2. The van der Waals surface area contributed by atoms with Gasteiger partial charge in [0.15, 0.2) is 11.5 Å².